The zero-order valence-electron chi connectivity index (χ0n) is 9.94. The number of carbonyl (C=O) groups excluding carboxylic acids is 1. The second-order valence-corrected chi connectivity index (χ2v) is 4.22. The van der Waals surface area contributed by atoms with Gasteiger partial charge >= 0.3 is 5.97 Å². The number of aryl methyl sites for hydroxylation is 1. The maximum Gasteiger partial charge on any atom is 0.303 e. The van der Waals surface area contributed by atoms with Crippen LogP contribution in [-0.2, 0) is 16.0 Å². The van der Waals surface area contributed by atoms with Crippen molar-refractivity contribution in [2.75, 3.05) is 11.9 Å². The van der Waals surface area contributed by atoms with Crippen LogP contribution in [0, 0.1) is 0 Å². The Morgan fingerprint density at radius 2 is 2.28 bits per heavy atom. The number of amides is 1. The van der Waals surface area contributed by atoms with Crippen molar-refractivity contribution in [2.45, 2.75) is 25.7 Å². The van der Waals surface area contributed by atoms with E-state index in [0.29, 0.717) is 37.3 Å². The summed E-state index contributed by atoms with van der Waals surface area (Å²) in [5, 5.41) is 11.4. The van der Waals surface area contributed by atoms with Gasteiger partial charge in [0.25, 0.3) is 0 Å². The monoisotopic (exact) mass is 249 g/mol. The number of nitrogens with one attached hydrogen (secondary N) is 1. The zero-order valence-corrected chi connectivity index (χ0v) is 9.94. The van der Waals surface area contributed by atoms with Gasteiger partial charge in [-0.15, -0.1) is 0 Å². The number of carboxylic acids is 1. The summed E-state index contributed by atoms with van der Waals surface area (Å²) < 4.78 is 5.44. The standard InChI is InChI=1S/C13H15NO4/c15-12-6-7-18-11-5-4-9(8-10(11)14-12)2-1-3-13(16)17/h4-5,8H,1-3,6-7H2,(H,14,15)(H,16,17). The highest BCUT2D eigenvalue weighted by molar-refractivity contribution is 5.93. The topological polar surface area (TPSA) is 75.6 Å². The third-order valence-electron chi connectivity index (χ3n) is 2.76. The van der Waals surface area contributed by atoms with Gasteiger partial charge in [0.05, 0.1) is 18.7 Å². The van der Waals surface area contributed by atoms with Gasteiger partial charge in [-0.05, 0) is 30.5 Å². The van der Waals surface area contributed by atoms with Crippen LogP contribution in [0.25, 0.3) is 0 Å². The number of benzene rings is 1. The van der Waals surface area contributed by atoms with E-state index >= 15 is 0 Å². The van der Waals surface area contributed by atoms with Gasteiger partial charge in [0.15, 0.2) is 0 Å². The number of carboxylic acid groups (broad SMARTS) is 1. The second kappa shape index (κ2) is 5.53. The number of hydrogen-bond acceptors (Lipinski definition) is 3. The Hall–Kier alpha value is -2.04. The van der Waals surface area contributed by atoms with Gasteiger partial charge in [-0.2, -0.15) is 0 Å². The molecule has 1 aromatic rings. The molecule has 1 amide bonds. The first-order valence-electron chi connectivity index (χ1n) is 5.92. The van der Waals surface area contributed by atoms with Gasteiger partial charge in [0, 0.05) is 6.42 Å². The molecule has 18 heavy (non-hydrogen) atoms. The van der Waals surface area contributed by atoms with Crippen LogP contribution in [0.5, 0.6) is 5.75 Å². The summed E-state index contributed by atoms with van der Waals surface area (Å²) in [7, 11) is 0. The molecule has 0 radical (unpaired) electrons. The van der Waals surface area contributed by atoms with E-state index < -0.39 is 5.97 Å². The third-order valence-corrected chi connectivity index (χ3v) is 2.76. The van der Waals surface area contributed by atoms with Gasteiger partial charge in [-0.25, -0.2) is 0 Å². The quantitative estimate of drug-likeness (QED) is 0.853. The van der Waals surface area contributed by atoms with Crippen LogP contribution in [-0.4, -0.2) is 23.6 Å². The van der Waals surface area contributed by atoms with E-state index in [9.17, 15) is 9.59 Å². The van der Waals surface area contributed by atoms with E-state index in [-0.39, 0.29) is 12.3 Å². The van der Waals surface area contributed by atoms with E-state index in [2.05, 4.69) is 5.32 Å². The summed E-state index contributed by atoms with van der Waals surface area (Å²) >= 11 is 0. The Labute approximate surface area is 105 Å². The first-order chi connectivity index (χ1) is 8.65. The summed E-state index contributed by atoms with van der Waals surface area (Å²) in [4.78, 5) is 21.8. The highest BCUT2D eigenvalue weighted by atomic mass is 16.5. The fourth-order valence-electron chi connectivity index (χ4n) is 1.87. The van der Waals surface area contributed by atoms with Crippen LogP contribution < -0.4 is 10.1 Å². The molecular formula is C13H15NO4. The Bertz CT molecular complexity index is 470. The van der Waals surface area contributed by atoms with Crippen LogP contribution in [0.3, 0.4) is 0 Å². The van der Waals surface area contributed by atoms with Crippen LogP contribution >= 0.6 is 0 Å². The molecule has 0 fully saturated rings. The molecule has 1 aliphatic rings. The lowest BCUT2D eigenvalue weighted by Gasteiger charge is -2.09. The number of ether oxygens (including phenoxy) is 1. The molecule has 1 heterocycles. The SMILES string of the molecule is O=C(O)CCCc1ccc2c(c1)NC(=O)CCO2. The Kier molecular flexibility index (Phi) is 3.82. The molecule has 2 N–H and O–H groups in total. The lowest BCUT2D eigenvalue weighted by atomic mass is 10.1. The summed E-state index contributed by atoms with van der Waals surface area (Å²) in [6, 6.07) is 5.57. The highest BCUT2D eigenvalue weighted by Gasteiger charge is 2.13. The predicted molar refractivity (Wildman–Crippen MR) is 65.8 cm³/mol. The molecule has 96 valence electrons. The van der Waals surface area contributed by atoms with Gasteiger partial charge in [-0.3, -0.25) is 9.59 Å². The van der Waals surface area contributed by atoms with E-state index in [0.717, 1.165) is 5.56 Å². The first-order valence-corrected chi connectivity index (χ1v) is 5.92. The Morgan fingerprint density at radius 1 is 1.44 bits per heavy atom. The van der Waals surface area contributed by atoms with Crippen molar-refractivity contribution in [3.05, 3.63) is 23.8 Å². The minimum Gasteiger partial charge on any atom is -0.491 e. The van der Waals surface area contributed by atoms with Gasteiger partial charge in [0.2, 0.25) is 5.91 Å². The number of anilines is 1. The van der Waals surface area contributed by atoms with Gasteiger partial charge in [-0.1, -0.05) is 6.07 Å². The summed E-state index contributed by atoms with van der Waals surface area (Å²) in [5.74, 6) is -0.180. The smallest absolute Gasteiger partial charge is 0.303 e. The normalized spacial score (nSPS) is 14.1. The predicted octanol–water partition coefficient (Wildman–Crippen LogP) is 1.81. The summed E-state index contributed by atoms with van der Waals surface area (Å²) in [6.07, 6.45) is 1.77. The fraction of sp³-hybridized carbons (Fsp3) is 0.385. The van der Waals surface area contributed by atoms with E-state index in [4.69, 9.17) is 9.84 Å². The number of hydrogen-bond donors (Lipinski definition) is 2. The maximum absolute atomic E-state index is 11.4. The highest BCUT2D eigenvalue weighted by Crippen LogP contribution is 2.28. The van der Waals surface area contributed by atoms with Crippen LogP contribution in [0.2, 0.25) is 0 Å². The molecule has 1 aliphatic heterocycles. The molecule has 5 nitrogen and oxygen atoms in total. The molecule has 5 heteroatoms. The number of fused-ring (bicyclic) bond motifs is 1. The van der Waals surface area contributed by atoms with Crippen molar-refractivity contribution in [3.63, 3.8) is 0 Å². The number of rotatable bonds is 4. The molecule has 0 saturated heterocycles. The minimum atomic E-state index is -0.790. The number of aliphatic carboxylic acids is 1. The molecule has 0 saturated carbocycles. The van der Waals surface area contributed by atoms with Gasteiger partial charge < -0.3 is 15.2 Å². The second-order valence-electron chi connectivity index (χ2n) is 4.22. The average molecular weight is 249 g/mol. The van der Waals surface area contributed by atoms with E-state index in [1.54, 1.807) is 0 Å². The van der Waals surface area contributed by atoms with Crippen LogP contribution in [0.4, 0.5) is 5.69 Å². The molecule has 0 spiro atoms. The minimum absolute atomic E-state index is 0.0589. The molecule has 0 unspecified atom stereocenters. The van der Waals surface area contributed by atoms with Crippen molar-refractivity contribution >= 4 is 17.6 Å². The lowest BCUT2D eigenvalue weighted by Crippen LogP contribution is -2.10. The van der Waals surface area contributed by atoms with Gasteiger partial charge in [0.1, 0.15) is 5.75 Å². The van der Waals surface area contributed by atoms with E-state index in [1.807, 2.05) is 18.2 Å². The van der Waals surface area contributed by atoms with Crippen molar-refractivity contribution in [3.8, 4) is 5.75 Å². The molecule has 0 aromatic heterocycles. The average Bonchev–Trinajstić information content (AvgIpc) is 2.48. The molecule has 2 rings (SSSR count). The van der Waals surface area contributed by atoms with Crippen molar-refractivity contribution in [2.24, 2.45) is 0 Å². The third kappa shape index (κ3) is 3.23. The van der Waals surface area contributed by atoms with Crippen molar-refractivity contribution in [1.29, 1.82) is 0 Å². The van der Waals surface area contributed by atoms with E-state index in [1.165, 1.54) is 0 Å². The van der Waals surface area contributed by atoms with Crippen LogP contribution in [0.1, 0.15) is 24.8 Å². The maximum atomic E-state index is 11.4. The molecule has 0 aliphatic carbocycles. The molecule has 0 bridgehead atoms. The Balaban J connectivity index is 2.06. The van der Waals surface area contributed by atoms with Crippen molar-refractivity contribution in [1.82, 2.24) is 0 Å². The van der Waals surface area contributed by atoms with Crippen molar-refractivity contribution < 1.29 is 19.4 Å². The summed E-state index contributed by atoms with van der Waals surface area (Å²) in [6.45, 7) is 0.386. The molecule has 1 aromatic carbocycles. The Morgan fingerprint density at radius 3 is 3.06 bits per heavy atom. The first kappa shape index (κ1) is 12.4. The summed E-state index contributed by atoms with van der Waals surface area (Å²) in [5.41, 5.74) is 1.67. The molecule has 0 atom stereocenters. The lowest BCUT2D eigenvalue weighted by molar-refractivity contribution is -0.137. The molecular weight excluding hydrogens is 234 g/mol. The number of carbonyl (C=O) groups is 2. The largest absolute Gasteiger partial charge is 0.491 e. The fourth-order valence-corrected chi connectivity index (χ4v) is 1.87. The van der Waals surface area contributed by atoms with Crippen LogP contribution in [0.15, 0.2) is 18.2 Å². The zero-order chi connectivity index (χ0) is 13.0.